The third kappa shape index (κ3) is 2.82. The van der Waals surface area contributed by atoms with Gasteiger partial charge in [0.2, 0.25) is 0 Å². The van der Waals surface area contributed by atoms with Gasteiger partial charge in [-0.1, -0.05) is 66.7 Å². The first-order chi connectivity index (χ1) is 14.7. The van der Waals surface area contributed by atoms with E-state index in [2.05, 4.69) is 60.7 Å². The van der Waals surface area contributed by atoms with Crippen LogP contribution in [0.4, 0.5) is 0 Å². The average molecular weight is 394 g/mol. The molecule has 0 saturated heterocycles. The van der Waals surface area contributed by atoms with Crippen molar-refractivity contribution >= 4 is 16.8 Å². The van der Waals surface area contributed by atoms with Crippen molar-refractivity contribution in [1.82, 2.24) is 0 Å². The molecule has 0 radical (unpaired) electrons. The van der Waals surface area contributed by atoms with E-state index in [1.807, 2.05) is 36.4 Å². The number of rotatable bonds is 4. The molecule has 1 aliphatic heterocycles. The lowest BCUT2D eigenvalue weighted by atomic mass is 9.83. The molecule has 0 fully saturated rings. The Morgan fingerprint density at radius 1 is 0.700 bits per heavy atom. The van der Waals surface area contributed by atoms with E-state index in [4.69, 9.17) is 14.2 Å². The van der Waals surface area contributed by atoms with Crippen molar-refractivity contribution in [2.24, 2.45) is 0 Å². The highest BCUT2D eigenvalue weighted by Gasteiger charge is 2.38. The van der Waals surface area contributed by atoms with E-state index in [9.17, 15) is 0 Å². The number of ether oxygens (including phenoxy) is 3. The molecule has 0 aliphatic carbocycles. The van der Waals surface area contributed by atoms with Crippen LogP contribution < -0.4 is 14.2 Å². The van der Waals surface area contributed by atoms with Crippen LogP contribution in [0.15, 0.2) is 91.0 Å². The zero-order valence-electron chi connectivity index (χ0n) is 17.0. The molecule has 0 unspecified atom stereocenters. The molecule has 4 aromatic carbocycles. The van der Waals surface area contributed by atoms with E-state index in [0.717, 1.165) is 22.4 Å². The summed E-state index contributed by atoms with van der Waals surface area (Å²) in [4.78, 5) is 0. The molecule has 0 amide bonds. The number of benzene rings is 4. The predicted molar refractivity (Wildman–Crippen MR) is 120 cm³/mol. The highest BCUT2D eigenvalue weighted by Crippen LogP contribution is 2.45. The maximum atomic E-state index is 6.79. The van der Waals surface area contributed by atoms with E-state index < -0.39 is 5.60 Å². The topological polar surface area (TPSA) is 27.7 Å². The summed E-state index contributed by atoms with van der Waals surface area (Å²) < 4.78 is 17.8. The van der Waals surface area contributed by atoms with E-state index in [0.29, 0.717) is 11.5 Å². The summed E-state index contributed by atoms with van der Waals surface area (Å²) in [5, 5.41) is 2.38. The molecule has 0 bridgehead atoms. The number of methoxy groups -OCH3 is 2. The lowest BCUT2D eigenvalue weighted by molar-refractivity contribution is 0.161. The second-order valence-corrected chi connectivity index (χ2v) is 7.31. The van der Waals surface area contributed by atoms with Crippen LogP contribution in [0.2, 0.25) is 0 Å². The Labute approximate surface area is 176 Å². The van der Waals surface area contributed by atoms with E-state index in [1.54, 1.807) is 14.2 Å². The van der Waals surface area contributed by atoms with Crippen molar-refractivity contribution in [3.05, 3.63) is 108 Å². The van der Waals surface area contributed by atoms with Gasteiger partial charge < -0.3 is 14.2 Å². The van der Waals surface area contributed by atoms with Gasteiger partial charge in [-0.2, -0.15) is 0 Å². The van der Waals surface area contributed by atoms with Crippen LogP contribution in [-0.4, -0.2) is 14.2 Å². The Kier molecular flexibility index (Phi) is 4.44. The molecule has 3 nitrogen and oxygen atoms in total. The largest absolute Gasteiger partial charge is 0.493 e. The summed E-state index contributed by atoms with van der Waals surface area (Å²) >= 11 is 0. The maximum Gasteiger partial charge on any atom is 0.178 e. The molecule has 1 heterocycles. The maximum absolute atomic E-state index is 6.79. The van der Waals surface area contributed by atoms with Gasteiger partial charge in [-0.25, -0.2) is 0 Å². The van der Waals surface area contributed by atoms with Gasteiger partial charge in [0.15, 0.2) is 17.1 Å². The van der Waals surface area contributed by atoms with Gasteiger partial charge >= 0.3 is 0 Å². The van der Waals surface area contributed by atoms with Crippen molar-refractivity contribution in [3.63, 3.8) is 0 Å². The van der Waals surface area contributed by atoms with Crippen LogP contribution >= 0.6 is 0 Å². The molecule has 3 heteroatoms. The second kappa shape index (κ2) is 7.27. The standard InChI is InChI=1S/C27H22O3/c1-28-25-15-13-21(18-26(25)29-2)27(20-9-4-3-5-10-20)17-16-23-22-11-7-6-8-19(22)12-14-24(23)30-27/h3-18H,1-2H3/t27-/m0/s1. The number of hydrogen-bond acceptors (Lipinski definition) is 3. The van der Waals surface area contributed by atoms with Crippen LogP contribution in [0.5, 0.6) is 17.2 Å². The highest BCUT2D eigenvalue weighted by atomic mass is 16.5. The van der Waals surface area contributed by atoms with Gasteiger partial charge in [-0.3, -0.25) is 0 Å². The molecule has 0 N–H and O–H groups in total. The third-order valence-electron chi connectivity index (χ3n) is 5.70. The zero-order valence-corrected chi connectivity index (χ0v) is 17.0. The molecule has 0 saturated carbocycles. The Bertz CT molecular complexity index is 1240. The summed E-state index contributed by atoms with van der Waals surface area (Å²) in [6.45, 7) is 0. The molecule has 4 aromatic rings. The molecule has 1 atom stereocenters. The van der Waals surface area contributed by atoms with Crippen LogP contribution in [-0.2, 0) is 5.60 Å². The molecule has 148 valence electrons. The number of fused-ring (bicyclic) bond motifs is 3. The number of hydrogen-bond donors (Lipinski definition) is 0. The van der Waals surface area contributed by atoms with Crippen LogP contribution in [0.1, 0.15) is 16.7 Å². The summed E-state index contributed by atoms with van der Waals surface area (Å²) in [5.74, 6) is 2.22. The normalized spacial score (nSPS) is 17.3. The molecule has 30 heavy (non-hydrogen) atoms. The first-order valence-corrected chi connectivity index (χ1v) is 9.93. The molecular weight excluding hydrogens is 372 g/mol. The van der Waals surface area contributed by atoms with E-state index >= 15 is 0 Å². The fourth-order valence-electron chi connectivity index (χ4n) is 4.17. The smallest absolute Gasteiger partial charge is 0.178 e. The Morgan fingerprint density at radius 3 is 2.27 bits per heavy atom. The minimum Gasteiger partial charge on any atom is -0.493 e. The quantitative estimate of drug-likeness (QED) is 0.412. The van der Waals surface area contributed by atoms with Crippen LogP contribution in [0.25, 0.3) is 16.8 Å². The van der Waals surface area contributed by atoms with Crippen LogP contribution in [0, 0.1) is 0 Å². The van der Waals surface area contributed by atoms with Crippen molar-refractivity contribution in [1.29, 1.82) is 0 Å². The molecule has 0 aromatic heterocycles. The minimum absolute atomic E-state index is 0.673. The summed E-state index contributed by atoms with van der Waals surface area (Å²) in [6.07, 6.45) is 4.31. The fraction of sp³-hybridized carbons (Fsp3) is 0.111. The second-order valence-electron chi connectivity index (χ2n) is 7.31. The first kappa shape index (κ1) is 18.3. The van der Waals surface area contributed by atoms with Gasteiger partial charge in [-0.05, 0) is 41.1 Å². The summed E-state index contributed by atoms with van der Waals surface area (Å²) in [5.41, 5.74) is 2.35. The SMILES string of the molecule is COc1ccc([C@@]2(c3ccccc3)C=Cc3c(ccc4ccccc34)O2)cc1OC. The van der Waals surface area contributed by atoms with Crippen molar-refractivity contribution in [2.75, 3.05) is 14.2 Å². The molecule has 5 rings (SSSR count). The van der Waals surface area contributed by atoms with E-state index in [1.165, 1.54) is 10.8 Å². The van der Waals surface area contributed by atoms with E-state index in [-0.39, 0.29) is 0 Å². The Morgan fingerprint density at radius 2 is 1.47 bits per heavy atom. The van der Waals surface area contributed by atoms with Gasteiger partial charge in [0.1, 0.15) is 5.75 Å². The fourth-order valence-corrected chi connectivity index (χ4v) is 4.17. The molecule has 1 aliphatic rings. The third-order valence-corrected chi connectivity index (χ3v) is 5.70. The molecule has 0 spiro atoms. The minimum atomic E-state index is -0.768. The summed E-state index contributed by atoms with van der Waals surface area (Å²) in [6, 6.07) is 28.7. The van der Waals surface area contributed by atoms with Crippen molar-refractivity contribution in [3.8, 4) is 17.2 Å². The van der Waals surface area contributed by atoms with Gasteiger partial charge in [0.05, 0.1) is 14.2 Å². The zero-order chi connectivity index (χ0) is 20.6. The predicted octanol–water partition coefficient (Wildman–Crippen LogP) is 6.21. The highest BCUT2D eigenvalue weighted by molar-refractivity contribution is 5.94. The lowest BCUT2D eigenvalue weighted by Crippen LogP contribution is -2.34. The monoisotopic (exact) mass is 394 g/mol. The van der Waals surface area contributed by atoms with Gasteiger partial charge in [-0.15, -0.1) is 0 Å². The Hall–Kier alpha value is -3.72. The van der Waals surface area contributed by atoms with Gasteiger partial charge in [0, 0.05) is 16.7 Å². The Balaban J connectivity index is 1.73. The van der Waals surface area contributed by atoms with Crippen molar-refractivity contribution < 1.29 is 14.2 Å². The summed E-state index contributed by atoms with van der Waals surface area (Å²) in [7, 11) is 3.29. The van der Waals surface area contributed by atoms with Crippen molar-refractivity contribution in [2.45, 2.75) is 5.60 Å². The van der Waals surface area contributed by atoms with Crippen LogP contribution in [0.3, 0.4) is 0 Å². The van der Waals surface area contributed by atoms with Gasteiger partial charge in [0.25, 0.3) is 0 Å². The first-order valence-electron chi connectivity index (χ1n) is 9.93. The lowest BCUT2D eigenvalue weighted by Gasteiger charge is -2.36. The average Bonchev–Trinajstić information content (AvgIpc) is 2.83. The molecular formula is C27H22O3.